The molecule has 1 aliphatic heterocycles. The largest absolute Gasteiger partial charge is 0.378 e. The molecule has 176 valence electrons. The monoisotopic (exact) mass is 468 g/mol. The number of anilines is 1. The molecule has 1 unspecified atom stereocenters. The van der Waals surface area contributed by atoms with E-state index in [1.165, 1.54) is 12.4 Å². The molecule has 0 aliphatic carbocycles. The van der Waals surface area contributed by atoms with Crippen molar-refractivity contribution in [1.82, 2.24) is 24.5 Å². The zero-order valence-corrected chi connectivity index (χ0v) is 19.6. The predicted molar refractivity (Wildman–Crippen MR) is 134 cm³/mol. The number of imidazole rings is 1. The minimum atomic E-state index is -0.315. The van der Waals surface area contributed by atoms with Crippen LogP contribution in [0.2, 0.25) is 0 Å². The number of ether oxygens (including phenoxy) is 1. The molecular formula is C27H25FN6O. The van der Waals surface area contributed by atoms with Gasteiger partial charge in [-0.25, -0.2) is 19.3 Å². The van der Waals surface area contributed by atoms with E-state index >= 15 is 4.39 Å². The van der Waals surface area contributed by atoms with Gasteiger partial charge < -0.3 is 14.2 Å². The van der Waals surface area contributed by atoms with Crippen molar-refractivity contribution in [2.75, 3.05) is 31.2 Å². The molecule has 3 aromatic heterocycles. The van der Waals surface area contributed by atoms with E-state index in [0.717, 1.165) is 52.0 Å². The van der Waals surface area contributed by atoms with Crippen LogP contribution in [0.1, 0.15) is 24.1 Å². The maximum absolute atomic E-state index is 15.2. The van der Waals surface area contributed by atoms with Crippen LogP contribution in [0, 0.1) is 5.82 Å². The normalized spacial score (nSPS) is 15.1. The van der Waals surface area contributed by atoms with Crippen LogP contribution in [0.5, 0.6) is 0 Å². The quantitative estimate of drug-likeness (QED) is 0.381. The highest BCUT2D eigenvalue weighted by molar-refractivity contribution is 5.94. The average molecular weight is 469 g/mol. The van der Waals surface area contributed by atoms with Crippen molar-refractivity contribution in [3.8, 4) is 11.3 Å². The number of benzene rings is 2. The lowest BCUT2D eigenvalue weighted by atomic mass is 9.93. The van der Waals surface area contributed by atoms with Gasteiger partial charge in [0.2, 0.25) is 0 Å². The maximum Gasteiger partial charge on any atom is 0.132 e. The first-order valence-corrected chi connectivity index (χ1v) is 11.7. The molecular weight excluding hydrogens is 443 g/mol. The molecule has 1 aliphatic rings. The van der Waals surface area contributed by atoms with Crippen LogP contribution >= 0.6 is 0 Å². The highest BCUT2D eigenvalue weighted by Gasteiger charge is 2.20. The van der Waals surface area contributed by atoms with Gasteiger partial charge in [0.15, 0.2) is 0 Å². The molecule has 4 heterocycles. The first kappa shape index (κ1) is 21.6. The zero-order chi connectivity index (χ0) is 23.9. The van der Waals surface area contributed by atoms with Gasteiger partial charge in [-0.3, -0.25) is 4.98 Å². The topological polar surface area (TPSA) is 69.0 Å². The summed E-state index contributed by atoms with van der Waals surface area (Å²) in [4.78, 5) is 20.4. The van der Waals surface area contributed by atoms with Crippen molar-refractivity contribution >= 4 is 27.6 Å². The molecule has 8 heteroatoms. The molecule has 5 aromatic rings. The van der Waals surface area contributed by atoms with Crippen LogP contribution in [0.25, 0.3) is 33.2 Å². The summed E-state index contributed by atoms with van der Waals surface area (Å²) < 4.78 is 22.6. The number of morpholine rings is 1. The summed E-state index contributed by atoms with van der Waals surface area (Å²) in [6.07, 6.45) is 5.07. The van der Waals surface area contributed by atoms with Crippen molar-refractivity contribution in [3.63, 3.8) is 0 Å². The summed E-state index contributed by atoms with van der Waals surface area (Å²) in [6, 6.07) is 13.2. The summed E-state index contributed by atoms with van der Waals surface area (Å²) in [7, 11) is 1.96. The Balaban J connectivity index is 1.42. The fourth-order valence-electron chi connectivity index (χ4n) is 4.88. The van der Waals surface area contributed by atoms with Crippen LogP contribution < -0.4 is 4.90 Å². The third-order valence-corrected chi connectivity index (χ3v) is 6.81. The van der Waals surface area contributed by atoms with E-state index in [2.05, 4.69) is 37.8 Å². The van der Waals surface area contributed by atoms with E-state index in [9.17, 15) is 0 Å². The van der Waals surface area contributed by atoms with E-state index in [-0.39, 0.29) is 11.7 Å². The fraction of sp³-hybridized carbons (Fsp3) is 0.259. The highest BCUT2D eigenvalue weighted by Crippen LogP contribution is 2.34. The number of aryl methyl sites for hydroxylation is 1. The number of nitrogens with zero attached hydrogens (tertiary/aromatic N) is 6. The van der Waals surface area contributed by atoms with Crippen LogP contribution in [0.4, 0.5) is 10.1 Å². The van der Waals surface area contributed by atoms with Crippen molar-refractivity contribution < 1.29 is 9.13 Å². The molecule has 7 nitrogen and oxygen atoms in total. The zero-order valence-electron chi connectivity index (χ0n) is 19.6. The lowest BCUT2D eigenvalue weighted by Gasteiger charge is -2.29. The lowest BCUT2D eigenvalue weighted by molar-refractivity contribution is 0.122. The molecule has 1 saturated heterocycles. The average Bonchev–Trinajstić information content (AvgIpc) is 3.29. The number of hydrogen-bond donors (Lipinski definition) is 0. The number of rotatable bonds is 4. The molecule has 0 amide bonds. The minimum absolute atomic E-state index is 0.0607. The summed E-state index contributed by atoms with van der Waals surface area (Å²) in [5.41, 5.74) is 6.65. The second kappa shape index (κ2) is 8.70. The molecule has 1 fully saturated rings. The summed E-state index contributed by atoms with van der Waals surface area (Å²) in [5, 5.41) is 0.820. The Morgan fingerprint density at radius 1 is 0.943 bits per heavy atom. The standard InChI is InChI=1S/C27H25FN6O/c1-17(25-27-23(7-8-29-25)32-16-33(27)2)18-3-6-22(28)21(13-18)26-20-5-4-19(14-24(20)30-15-31-26)34-9-11-35-12-10-34/h3-8,13-17H,9-12H2,1-2H3. The second-order valence-electron chi connectivity index (χ2n) is 8.90. The van der Waals surface area contributed by atoms with E-state index in [1.807, 2.05) is 41.9 Å². The summed E-state index contributed by atoms with van der Waals surface area (Å²) in [6.45, 7) is 5.19. The summed E-state index contributed by atoms with van der Waals surface area (Å²) in [5.74, 6) is -0.376. The minimum Gasteiger partial charge on any atom is -0.378 e. The molecule has 0 saturated carbocycles. The van der Waals surface area contributed by atoms with Crippen molar-refractivity contribution in [2.45, 2.75) is 12.8 Å². The van der Waals surface area contributed by atoms with E-state index in [1.54, 1.807) is 12.5 Å². The fourth-order valence-corrected chi connectivity index (χ4v) is 4.88. The summed E-state index contributed by atoms with van der Waals surface area (Å²) >= 11 is 0. The molecule has 35 heavy (non-hydrogen) atoms. The number of pyridine rings is 1. The molecule has 6 rings (SSSR count). The van der Waals surface area contributed by atoms with Gasteiger partial charge in [-0.2, -0.15) is 0 Å². The van der Waals surface area contributed by atoms with Gasteiger partial charge in [-0.15, -0.1) is 0 Å². The number of halogens is 1. The number of aromatic nitrogens is 5. The third kappa shape index (κ3) is 3.80. The Labute approximate surface area is 202 Å². The molecule has 0 spiro atoms. The van der Waals surface area contributed by atoms with Crippen LogP contribution in [-0.2, 0) is 11.8 Å². The van der Waals surface area contributed by atoms with Gasteiger partial charge in [0.1, 0.15) is 12.1 Å². The first-order valence-electron chi connectivity index (χ1n) is 11.7. The molecule has 0 N–H and O–H groups in total. The van der Waals surface area contributed by atoms with Crippen LogP contribution in [-0.4, -0.2) is 50.8 Å². The van der Waals surface area contributed by atoms with Crippen molar-refractivity contribution in [1.29, 1.82) is 0 Å². The third-order valence-electron chi connectivity index (χ3n) is 6.81. The Hall–Kier alpha value is -3.91. The van der Waals surface area contributed by atoms with Gasteiger partial charge in [-0.05, 0) is 42.0 Å². The Morgan fingerprint density at radius 2 is 1.80 bits per heavy atom. The Morgan fingerprint density at radius 3 is 2.66 bits per heavy atom. The molecule has 0 bridgehead atoms. The van der Waals surface area contributed by atoms with Crippen molar-refractivity contribution in [3.05, 3.63) is 78.4 Å². The van der Waals surface area contributed by atoms with E-state index in [0.29, 0.717) is 24.5 Å². The first-order chi connectivity index (χ1) is 17.1. The maximum atomic E-state index is 15.2. The second-order valence-corrected chi connectivity index (χ2v) is 8.90. The molecule has 1 atom stereocenters. The van der Waals surface area contributed by atoms with Crippen LogP contribution in [0.15, 0.2) is 61.3 Å². The van der Waals surface area contributed by atoms with Crippen molar-refractivity contribution in [2.24, 2.45) is 7.05 Å². The smallest absolute Gasteiger partial charge is 0.132 e. The van der Waals surface area contributed by atoms with Gasteiger partial charge in [0.25, 0.3) is 0 Å². The highest BCUT2D eigenvalue weighted by atomic mass is 19.1. The Bertz CT molecular complexity index is 1540. The lowest BCUT2D eigenvalue weighted by Crippen LogP contribution is -2.36. The molecule has 0 radical (unpaired) electrons. The number of fused-ring (bicyclic) bond motifs is 2. The Kier molecular flexibility index (Phi) is 5.37. The van der Waals surface area contributed by atoms with Gasteiger partial charge in [0, 0.05) is 48.9 Å². The molecule has 2 aromatic carbocycles. The van der Waals surface area contributed by atoms with Crippen LogP contribution in [0.3, 0.4) is 0 Å². The van der Waals surface area contributed by atoms with Gasteiger partial charge in [-0.1, -0.05) is 13.0 Å². The van der Waals surface area contributed by atoms with Gasteiger partial charge >= 0.3 is 0 Å². The van der Waals surface area contributed by atoms with E-state index < -0.39 is 0 Å². The SMILES string of the molecule is CC(c1ccc(F)c(-c2ncnc3cc(N4CCOCC4)ccc23)c1)c1nccc2ncn(C)c12. The van der Waals surface area contributed by atoms with Gasteiger partial charge in [0.05, 0.1) is 47.5 Å². The predicted octanol–water partition coefficient (Wildman–Crippen LogP) is 4.71. The van der Waals surface area contributed by atoms with E-state index in [4.69, 9.17) is 4.74 Å². The number of hydrogen-bond acceptors (Lipinski definition) is 6.